The van der Waals surface area contributed by atoms with E-state index in [4.69, 9.17) is 28.3 Å². The van der Waals surface area contributed by atoms with Crippen LogP contribution in [0.2, 0.25) is 10.0 Å². The number of aliphatic carboxylic acids is 1. The third-order valence-corrected chi connectivity index (χ3v) is 2.84. The van der Waals surface area contributed by atoms with E-state index < -0.39 is 11.8 Å². The molecular weight excluding hydrogens is 280 g/mol. The van der Waals surface area contributed by atoms with E-state index in [1.54, 1.807) is 13.0 Å². The molecule has 6 heteroatoms. The van der Waals surface area contributed by atoms with Crippen molar-refractivity contribution in [3.05, 3.63) is 39.6 Å². The summed E-state index contributed by atoms with van der Waals surface area (Å²) in [7, 11) is 0. The first-order chi connectivity index (χ1) is 8.45. The summed E-state index contributed by atoms with van der Waals surface area (Å²) in [4.78, 5) is 10.7. The second-order valence-electron chi connectivity index (χ2n) is 3.52. The fourth-order valence-electron chi connectivity index (χ4n) is 1.33. The molecule has 0 saturated carbocycles. The van der Waals surface area contributed by atoms with Crippen molar-refractivity contribution >= 4 is 34.9 Å². The zero-order valence-corrected chi connectivity index (χ0v) is 11.1. The second kappa shape index (κ2) is 6.61. The highest BCUT2D eigenvalue weighted by atomic mass is 35.5. The van der Waals surface area contributed by atoms with Crippen LogP contribution in [0.15, 0.2) is 23.8 Å². The number of hydrogen-bond acceptors (Lipinski definition) is 2. The van der Waals surface area contributed by atoms with Gasteiger partial charge in [-0.1, -0.05) is 36.2 Å². The third kappa shape index (κ3) is 3.89. The molecule has 0 aromatic heterocycles. The SMILES string of the molecule is CC/C(=C/CNc1cc(Cl)c(F)c(Cl)c1)C(=O)O. The Morgan fingerprint density at radius 2 is 2.00 bits per heavy atom. The summed E-state index contributed by atoms with van der Waals surface area (Å²) in [5, 5.41) is 11.5. The summed E-state index contributed by atoms with van der Waals surface area (Å²) in [6.07, 6.45) is 1.98. The largest absolute Gasteiger partial charge is 0.478 e. The lowest BCUT2D eigenvalue weighted by molar-refractivity contribution is -0.132. The maximum Gasteiger partial charge on any atom is 0.331 e. The Bertz CT molecular complexity index is 466. The van der Waals surface area contributed by atoms with E-state index in [0.717, 1.165) is 0 Å². The monoisotopic (exact) mass is 291 g/mol. The molecule has 0 aliphatic heterocycles. The normalized spacial score (nSPS) is 11.4. The minimum Gasteiger partial charge on any atom is -0.478 e. The van der Waals surface area contributed by atoms with Gasteiger partial charge in [0.15, 0.2) is 5.82 Å². The smallest absolute Gasteiger partial charge is 0.331 e. The highest BCUT2D eigenvalue weighted by molar-refractivity contribution is 6.35. The van der Waals surface area contributed by atoms with Gasteiger partial charge in [-0.2, -0.15) is 0 Å². The van der Waals surface area contributed by atoms with E-state index >= 15 is 0 Å². The quantitative estimate of drug-likeness (QED) is 0.638. The van der Waals surface area contributed by atoms with Crippen molar-refractivity contribution in [2.24, 2.45) is 0 Å². The predicted octanol–water partition coefficient (Wildman–Crippen LogP) is 3.97. The van der Waals surface area contributed by atoms with Crippen LogP contribution in [0.25, 0.3) is 0 Å². The van der Waals surface area contributed by atoms with Crippen LogP contribution in [0.4, 0.5) is 10.1 Å². The molecule has 1 aromatic rings. The molecule has 0 saturated heterocycles. The van der Waals surface area contributed by atoms with Crippen molar-refractivity contribution in [3.8, 4) is 0 Å². The number of hydrogen-bond donors (Lipinski definition) is 2. The fourth-order valence-corrected chi connectivity index (χ4v) is 1.82. The molecule has 0 radical (unpaired) electrons. The number of halogens is 3. The van der Waals surface area contributed by atoms with E-state index in [2.05, 4.69) is 5.32 Å². The Balaban J connectivity index is 2.73. The topological polar surface area (TPSA) is 49.3 Å². The summed E-state index contributed by atoms with van der Waals surface area (Å²) >= 11 is 11.3. The minimum atomic E-state index is -0.950. The third-order valence-electron chi connectivity index (χ3n) is 2.29. The zero-order chi connectivity index (χ0) is 13.7. The van der Waals surface area contributed by atoms with Crippen LogP contribution in [-0.4, -0.2) is 17.6 Å². The first kappa shape index (κ1) is 14.8. The molecule has 18 heavy (non-hydrogen) atoms. The average molecular weight is 292 g/mol. The van der Waals surface area contributed by atoms with Crippen molar-refractivity contribution in [2.45, 2.75) is 13.3 Å². The summed E-state index contributed by atoms with van der Waals surface area (Å²) in [6.45, 7) is 2.05. The van der Waals surface area contributed by atoms with Gasteiger partial charge in [0.2, 0.25) is 0 Å². The first-order valence-corrected chi connectivity index (χ1v) is 6.02. The van der Waals surface area contributed by atoms with Crippen LogP contribution in [0, 0.1) is 5.82 Å². The van der Waals surface area contributed by atoms with Crippen molar-refractivity contribution < 1.29 is 14.3 Å². The summed E-state index contributed by atoms with van der Waals surface area (Å²) < 4.78 is 13.1. The molecule has 0 aliphatic rings. The van der Waals surface area contributed by atoms with Crippen LogP contribution in [0.3, 0.4) is 0 Å². The Kier molecular flexibility index (Phi) is 5.44. The van der Waals surface area contributed by atoms with Gasteiger partial charge in [-0.15, -0.1) is 0 Å². The molecule has 98 valence electrons. The number of benzene rings is 1. The predicted molar refractivity (Wildman–Crippen MR) is 70.9 cm³/mol. The van der Waals surface area contributed by atoms with E-state index in [0.29, 0.717) is 24.2 Å². The highest BCUT2D eigenvalue weighted by Gasteiger charge is 2.07. The zero-order valence-electron chi connectivity index (χ0n) is 9.64. The minimum absolute atomic E-state index is 0.0806. The molecule has 0 bridgehead atoms. The average Bonchev–Trinajstić information content (AvgIpc) is 2.31. The lowest BCUT2D eigenvalue weighted by atomic mass is 10.2. The van der Waals surface area contributed by atoms with E-state index in [-0.39, 0.29) is 10.0 Å². The molecule has 0 atom stereocenters. The molecule has 0 aliphatic carbocycles. The molecule has 1 rings (SSSR count). The van der Waals surface area contributed by atoms with Crippen molar-refractivity contribution in [2.75, 3.05) is 11.9 Å². The number of carboxylic acid groups (broad SMARTS) is 1. The van der Waals surface area contributed by atoms with Crippen LogP contribution >= 0.6 is 23.2 Å². The van der Waals surface area contributed by atoms with Gasteiger partial charge in [0.1, 0.15) is 0 Å². The van der Waals surface area contributed by atoms with Crippen molar-refractivity contribution in [3.63, 3.8) is 0 Å². The van der Waals surface area contributed by atoms with Crippen LogP contribution in [0.5, 0.6) is 0 Å². The van der Waals surface area contributed by atoms with Crippen molar-refractivity contribution in [1.29, 1.82) is 0 Å². The maximum atomic E-state index is 13.1. The Labute approximate surface area is 114 Å². The molecule has 3 nitrogen and oxygen atoms in total. The number of carboxylic acids is 1. The lowest BCUT2D eigenvalue weighted by Crippen LogP contribution is -2.05. The molecule has 0 unspecified atom stereocenters. The molecule has 0 amide bonds. The van der Waals surface area contributed by atoms with Crippen molar-refractivity contribution in [1.82, 2.24) is 0 Å². The molecular formula is C12H12Cl2FNO2. The van der Waals surface area contributed by atoms with E-state index in [9.17, 15) is 9.18 Å². The second-order valence-corrected chi connectivity index (χ2v) is 4.34. The molecule has 2 N–H and O–H groups in total. The van der Waals surface area contributed by atoms with E-state index in [1.165, 1.54) is 12.1 Å². The van der Waals surface area contributed by atoms with Gasteiger partial charge >= 0.3 is 5.97 Å². The number of rotatable bonds is 5. The van der Waals surface area contributed by atoms with Gasteiger partial charge < -0.3 is 10.4 Å². The maximum absolute atomic E-state index is 13.1. The summed E-state index contributed by atoms with van der Waals surface area (Å²) in [6, 6.07) is 2.78. The summed E-state index contributed by atoms with van der Waals surface area (Å²) in [5.41, 5.74) is 0.838. The molecule has 0 spiro atoms. The van der Waals surface area contributed by atoms with Crippen LogP contribution in [-0.2, 0) is 4.79 Å². The number of anilines is 1. The summed E-state index contributed by atoms with van der Waals surface area (Å²) in [5.74, 6) is -1.62. The Morgan fingerprint density at radius 3 is 2.44 bits per heavy atom. The van der Waals surface area contributed by atoms with Gasteiger partial charge in [0, 0.05) is 17.8 Å². The molecule has 0 heterocycles. The first-order valence-electron chi connectivity index (χ1n) is 5.26. The number of carbonyl (C=O) groups is 1. The van der Waals surface area contributed by atoms with Crippen LogP contribution in [0.1, 0.15) is 13.3 Å². The molecule has 0 fully saturated rings. The standard InChI is InChI=1S/C12H12Cl2FNO2/c1-2-7(12(17)18)3-4-16-8-5-9(13)11(15)10(14)6-8/h3,5-6,16H,2,4H2,1H3,(H,17,18)/b7-3-. The Morgan fingerprint density at radius 1 is 1.44 bits per heavy atom. The van der Waals surface area contributed by atoms with Gasteiger partial charge in [-0.25, -0.2) is 9.18 Å². The van der Waals surface area contributed by atoms with Gasteiger partial charge in [0.25, 0.3) is 0 Å². The van der Waals surface area contributed by atoms with Gasteiger partial charge in [-0.05, 0) is 18.6 Å². The highest BCUT2D eigenvalue weighted by Crippen LogP contribution is 2.27. The van der Waals surface area contributed by atoms with Gasteiger partial charge in [-0.3, -0.25) is 0 Å². The van der Waals surface area contributed by atoms with E-state index in [1.807, 2.05) is 0 Å². The lowest BCUT2D eigenvalue weighted by Gasteiger charge is -2.06. The van der Waals surface area contributed by atoms with Crippen LogP contribution < -0.4 is 5.32 Å². The molecule has 1 aromatic carbocycles. The van der Waals surface area contributed by atoms with Gasteiger partial charge in [0.05, 0.1) is 10.0 Å². The fraction of sp³-hybridized carbons (Fsp3) is 0.250. The Hall–Kier alpha value is -1.26. The number of nitrogens with one attached hydrogen (secondary N) is 1.